The maximum atomic E-state index is 12.9. The predicted octanol–water partition coefficient (Wildman–Crippen LogP) is 4.12. The van der Waals surface area contributed by atoms with Crippen molar-refractivity contribution in [2.45, 2.75) is 51.9 Å². The molecular weight excluding hydrogens is 314 g/mol. The zero-order valence-electron chi connectivity index (χ0n) is 15.4. The maximum absolute atomic E-state index is 12.9. The minimum Gasteiger partial charge on any atom is -0.497 e. The number of rotatable bonds is 3. The number of fused-ring (bicyclic) bond motifs is 5. The topological polar surface area (TPSA) is 47.9 Å². The molecular formula is C21H27NO3. The second-order valence-corrected chi connectivity index (χ2v) is 7.93. The normalized spacial score (nSPS) is 35.1. The van der Waals surface area contributed by atoms with Gasteiger partial charge in [-0.15, -0.1) is 0 Å². The van der Waals surface area contributed by atoms with Crippen LogP contribution >= 0.6 is 0 Å². The zero-order valence-corrected chi connectivity index (χ0v) is 15.4. The molecule has 4 nitrogen and oxygen atoms in total. The Balaban J connectivity index is 1.66. The number of benzene rings is 1. The monoisotopic (exact) mass is 341 g/mol. The van der Waals surface area contributed by atoms with Crippen molar-refractivity contribution >= 4 is 11.5 Å². The number of hydrogen-bond donors (Lipinski definition) is 0. The summed E-state index contributed by atoms with van der Waals surface area (Å²) in [5.74, 6) is 2.70. The van der Waals surface area contributed by atoms with E-state index in [2.05, 4.69) is 30.3 Å². The fraction of sp³-hybridized carbons (Fsp3) is 0.619. The quantitative estimate of drug-likeness (QED) is 0.777. The highest BCUT2D eigenvalue weighted by molar-refractivity contribution is 6.43. The second kappa shape index (κ2) is 6.15. The Bertz CT molecular complexity index is 726. The van der Waals surface area contributed by atoms with E-state index in [4.69, 9.17) is 9.57 Å². The second-order valence-electron chi connectivity index (χ2n) is 7.93. The van der Waals surface area contributed by atoms with Crippen LogP contribution in [0.2, 0.25) is 0 Å². The Morgan fingerprint density at radius 2 is 2.16 bits per heavy atom. The molecule has 0 unspecified atom stereocenters. The number of oxime groups is 1. The van der Waals surface area contributed by atoms with E-state index in [0.717, 1.165) is 37.9 Å². The summed E-state index contributed by atoms with van der Waals surface area (Å²) in [6.07, 6.45) is 5.05. The molecule has 3 aliphatic carbocycles. The summed E-state index contributed by atoms with van der Waals surface area (Å²) in [7, 11) is 1.72. The van der Waals surface area contributed by atoms with Crippen LogP contribution in [-0.4, -0.2) is 25.2 Å². The zero-order chi connectivity index (χ0) is 17.6. The molecule has 0 spiro atoms. The van der Waals surface area contributed by atoms with Crippen LogP contribution in [-0.2, 0) is 16.1 Å². The van der Waals surface area contributed by atoms with Gasteiger partial charge in [-0.25, -0.2) is 0 Å². The molecule has 0 N–H and O–H groups in total. The van der Waals surface area contributed by atoms with E-state index < -0.39 is 0 Å². The Morgan fingerprint density at radius 1 is 1.32 bits per heavy atom. The van der Waals surface area contributed by atoms with Crippen molar-refractivity contribution < 1.29 is 14.4 Å². The van der Waals surface area contributed by atoms with Gasteiger partial charge in [0, 0.05) is 11.8 Å². The SMILES string of the molecule is CCO/N=C1\C[C@H]2[C@@H]3CCc4cc(OC)ccc4[C@H]3CC[C@]2(C)C1=O. The summed E-state index contributed by atoms with van der Waals surface area (Å²) in [4.78, 5) is 18.2. The largest absolute Gasteiger partial charge is 0.497 e. The average Bonchev–Trinajstić information content (AvgIpc) is 2.90. The van der Waals surface area contributed by atoms with E-state index in [-0.39, 0.29) is 11.2 Å². The van der Waals surface area contributed by atoms with Crippen LogP contribution in [0.1, 0.15) is 56.6 Å². The highest BCUT2D eigenvalue weighted by Crippen LogP contribution is 2.59. The van der Waals surface area contributed by atoms with Crippen LogP contribution in [0.25, 0.3) is 0 Å². The third-order valence-electron chi connectivity index (χ3n) is 6.82. The number of hydrogen-bond acceptors (Lipinski definition) is 4. The van der Waals surface area contributed by atoms with Crippen LogP contribution in [0, 0.1) is 17.3 Å². The van der Waals surface area contributed by atoms with Gasteiger partial charge in [-0.2, -0.15) is 0 Å². The number of nitrogens with zero attached hydrogens (tertiary/aromatic N) is 1. The highest BCUT2D eigenvalue weighted by Gasteiger charge is 2.57. The molecule has 4 heteroatoms. The van der Waals surface area contributed by atoms with Crippen molar-refractivity contribution in [1.82, 2.24) is 0 Å². The lowest BCUT2D eigenvalue weighted by atomic mass is 9.55. The molecule has 4 rings (SSSR count). The molecule has 4 atom stereocenters. The highest BCUT2D eigenvalue weighted by atomic mass is 16.6. The molecule has 0 aliphatic heterocycles. The molecule has 1 aromatic carbocycles. The maximum Gasteiger partial charge on any atom is 0.186 e. The number of aryl methyl sites for hydroxylation is 1. The van der Waals surface area contributed by atoms with Crippen LogP contribution in [0.5, 0.6) is 5.75 Å². The van der Waals surface area contributed by atoms with Crippen LogP contribution in [0.3, 0.4) is 0 Å². The molecule has 0 aromatic heterocycles. The van der Waals surface area contributed by atoms with E-state index in [1.165, 1.54) is 11.1 Å². The van der Waals surface area contributed by atoms with Gasteiger partial charge in [0.2, 0.25) is 0 Å². The van der Waals surface area contributed by atoms with E-state index in [0.29, 0.717) is 30.1 Å². The van der Waals surface area contributed by atoms with E-state index in [1.54, 1.807) is 7.11 Å². The molecule has 3 aliphatic rings. The molecule has 0 amide bonds. The fourth-order valence-corrected chi connectivity index (χ4v) is 5.52. The van der Waals surface area contributed by atoms with Gasteiger partial charge in [-0.05, 0) is 73.6 Å². The first-order valence-corrected chi connectivity index (χ1v) is 9.49. The summed E-state index contributed by atoms with van der Waals surface area (Å²) in [6.45, 7) is 4.58. The van der Waals surface area contributed by atoms with Crippen LogP contribution < -0.4 is 4.74 Å². The summed E-state index contributed by atoms with van der Waals surface area (Å²) >= 11 is 0. The molecule has 2 saturated carbocycles. The summed E-state index contributed by atoms with van der Waals surface area (Å²) in [5.41, 5.74) is 3.31. The number of carbonyl (C=O) groups excluding carboxylic acids is 1. The first-order valence-electron chi connectivity index (χ1n) is 9.49. The van der Waals surface area contributed by atoms with Crippen molar-refractivity contribution in [2.75, 3.05) is 13.7 Å². The molecule has 0 radical (unpaired) electrons. The lowest BCUT2D eigenvalue weighted by Crippen LogP contribution is -2.42. The Labute approximate surface area is 149 Å². The molecule has 2 fully saturated rings. The van der Waals surface area contributed by atoms with E-state index in [1.807, 2.05) is 6.92 Å². The van der Waals surface area contributed by atoms with E-state index >= 15 is 0 Å². The Morgan fingerprint density at radius 3 is 2.92 bits per heavy atom. The standard InChI is InChI=1S/C21H27NO3/c1-4-25-22-19-12-18-17-7-5-13-11-14(24-3)6-8-15(13)16(17)9-10-21(18,2)20(19)23/h6,8,11,16-18H,4-5,7,9-10,12H2,1-3H3/b22-19+/t16-,17-,18+,21+/m1/s1. The van der Waals surface area contributed by atoms with Crippen molar-refractivity contribution in [3.63, 3.8) is 0 Å². The molecule has 1 aromatic rings. The van der Waals surface area contributed by atoms with Crippen LogP contribution in [0.4, 0.5) is 0 Å². The first-order chi connectivity index (χ1) is 12.1. The number of methoxy groups -OCH3 is 1. The first kappa shape index (κ1) is 16.6. The van der Waals surface area contributed by atoms with Gasteiger partial charge in [0.15, 0.2) is 5.78 Å². The van der Waals surface area contributed by atoms with Gasteiger partial charge in [0.05, 0.1) is 7.11 Å². The number of Topliss-reactive ketones (excluding diaryl/α,β-unsaturated/α-hetero) is 1. The van der Waals surface area contributed by atoms with Gasteiger partial charge in [0.1, 0.15) is 18.1 Å². The Hall–Kier alpha value is -1.84. The summed E-state index contributed by atoms with van der Waals surface area (Å²) < 4.78 is 5.39. The van der Waals surface area contributed by atoms with Gasteiger partial charge in [0.25, 0.3) is 0 Å². The molecule has 0 saturated heterocycles. The Kier molecular flexibility index (Phi) is 4.09. The summed E-state index contributed by atoms with van der Waals surface area (Å²) in [5, 5.41) is 4.15. The van der Waals surface area contributed by atoms with Crippen molar-refractivity contribution in [3.05, 3.63) is 29.3 Å². The molecule has 0 bridgehead atoms. The third-order valence-corrected chi connectivity index (χ3v) is 6.82. The van der Waals surface area contributed by atoms with Crippen molar-refractivity contribution in [3.8, 4) is 5.75 Å². The number of ketones is 1. The van der Waals surface area contributed by atoms with Gasteiger partial charge < -0.3 is 9.57 Å². The number of ether oxygens (including phenoxy) is 1. The number of carbonyl (C=O) groups is 1. The summed E-state index contributed by atoms with van der Waals surface area (Å²) in [6, 6.07) is 6.53. The lowest BCUT2D eigenvalue weighted by molar-refractivity contribution is -0.125. The lowest BCUT2D eigenvalue weighted by Gasteiger charge is -2.47. The van der Waals surface area contributed by atoms with Gasteiger partial charge in [-0.1, -0.05) is 18.1 Å². The van der Waals surface area contributed by atoms with Crippen molar-refractivity contribution in [2.24, 2.45) is 22.4 Å². The fourth-order valence-electron chi connectivity index (χ4n) is 5.52. The molecule has 0 heterocycles. The smallest absolute Gasteiger partial charge is 0.186 e. The minimum atomic E-state index is -0.249. The average molecular weight is 341 g/mol. The van der Waals surface area contributed by atoms with Crippen molar-refractivity contribution in [1.29, 1.82) is 0 Å². The van der Waals surface area contributed by atoms with E-state index in [9.17, 15) is 4.79 Å². The van der Waals surface area contributed by atoms with Gasteiger partial charge >= 0.3 is 0 Å². The molecule has 134 valence electrons. The van der Waals surface area contributed by atoms with Gasteiger partial charge in [-0.3, -0.25) is 4.79 Å². The van der Waals surface area contributed by atoms with Crippen LogP contribution in [0.15, 0.2) is 23.4 Å². The molecule has 25 heavy (non-hydrogen) atoms. The predicted molar refractivity (Wildman–Crippen MR) is 97.1 cm³/mol. The minimum absolute atomic E-state index is 0.227. The third kappa shape index (κ3) is 2.49.